The van der Waals surface area contributed by atoms with Crippen LogP contribution in [0, 0.1) is 0 Å². The summed E-state index contributed by atoms with van der Waals surface area (Å²) in [7, 11) is 0. The van der Waals surface area contributed by atoms with Crippen LogP contribution in [0.2, 0.25) is 0 Å². The predicted molar refractivity (Wildman–Crippen MR) is 85.1 cm³/mol. The number of carbonyl (C=O) groups is 2. The van der Waals surface area contributed by atoms with Crippen LogP contribution < -0.4 is 5.32 Å². The first-order chi connectivity index (χ1) is 9.11. The van der Waals surface area contributed by atoms with Gasteiger partial charge in [-0.3, -0.25) is 0 Å². The largest absolute Gasteiger partial charge is 0.478 e. The minimum absolute atomic E-state index is 0.176. The summed E-state index contributed by atoms with van der Waals surface area (Å²) in [5.41, 5.74) is 0.352. The monoisotopic (exact) mass is 289 g/mol. The van der Waals surface area contributed by atoms with Crippen LogP contribution in [-0.2, 0) is 9.59 Å². The van der Waals surface area contributed by atoms with E-state index in [2.05, 4.69) is 46.2 Å². The molecule has 0 atom stereocenters. The second-order valence-electron chi connectivity index (χ2n) is 3.84. The van der Waals surface area contributed by atoms with E-state index in [0.29, 0.717) is 0 Å². The lowest BCUT2D eigenvalue weighted by atomic mass is 10.4. The minimum atomic E-state index is -0.935. The lowest BCUT2D eigenvalue weighted by molar-refractivity contribution is -0.133. The van der Waals surface area contributed by atoms with Gasteiger partial charge >= 0.3 is 11.9 Å². The van der Waals surface area contributed by atoms with Gasteiger partial charge in [0.15, 0.2) is 0 Å². The van der Waals surface area contributed by atoms with Gasteiger partial charge in [0.1, 0.15) is 0 Å². The molecule has 0 saturated heterocycles. The third-order valence-corrected chi connectivity index (χ3v) is 1.23. The standard InChI is InChI=1S/C4H11N.2C4H6O2.C3H8/c1-3-5-4-2;2*1-3(2)4(5)6;1-3-2/h5H,3-4H2,1-2H3;2*1H2,2H3,(H,5,6);3H2,1-2H3. The van der Waals surface area contributed by atoms with Gasteiger partial charge in [-0.05, 0) is 26.9 Å². The van der Waals surface area contributed by atoms with Crippen LogP contribution in [0.1, 0.15) is 48.0 Å². The maximum absolute atomic E-state index is 9.60. The van der Waals surface area contributed by atoms with Crippen LogP contribution >= 0.6 is 0 Å². The lowest BCUT2D eigenvalue weighted by Gasteiger charge is -1.86. The molecule has 0 amide bonds. The van der Waals surface area contributed by atoms with Crippen molar-refractivity contribution in [3.63, 3.8) is 0 Å². The second-order valence-corrected chi connectivity index (χ2v) is 3.84. The SMILES string of the molecule is C=C(C)C(=O)O.C=C(C)C(=O)O.CCC.CCNCC. The lowest BCUT2D eigenvalue weighted by Crippen LogP contribution is -2.09. The molecule has 5 heteroatoms. The summed E-state index contributed by atoms with van der Waals surface area (Å²) in [5, 5.41) is 18.9. The highest BCUT2D eigenvalue weighted by Crippen LogP contribution is 1.81. The van der Waals surface area contributed by atoms with Crippen LogP contribution in [0.4, 0.5) is 0 Å². The molecule has 0 spiro atoms. The van der Waals surface area contributed by atoms with E-state index in [1.165, 1.54) is 20.3 Å². The van der Waals surface area contributed by atoms with Crippen molar-refractivity contribution in [2.45, 2.75) is 48.0 Å². The molecule has 20 heavy (non-hydrogen) atoms. The average Bonchev–Trinajstić information content (AvgIpc) is 2.32. The number of carboxylic acid groups (broad SMARTS) is 2. The van der Waals surface area contributed by atoms with Crippen molar-refractivity contribution in [2.75, 3.05) is 13.1 Å². The zero-order chi connectivity index (χ0) is 17.1. The smallest absolute Gasteiger partial charge is 0.330 e. The Labute approximate surface area is 123 Å². The third kappa shape index (κ3) is 55.2. The van der Waals surface area contributed by atoms with Crippen molar-refractivity contribution in [1.29, 1.82) is 0 Å². The zero-order valence-electron chi connectivity index (χ0n) is 13.7. The Balaban J connectivity index is -0.0000000879. The quantitative estimate of drug-likeness (QED) is 0.691. The normalized spacial score (nSPS) is 7.50. The Kier molecular flexibility index (Phi) is 30.3. The molecule has 0 aromatic rings. The number of aliphatic carboxylic acids is 2. The van der Waals surface area contributed by atoms with E-state index in [9.17, 15) is 9.59 Å². The van der Waals surface area contributed by atoms with Gasteiger partial charge in [0.05, 0.1) is 0 Å². The summed E-state index contributed by atoms with van der Waals surface area (Å²) < 4.78 is 0. The van der Waals surface area contributed by atoms with Crippen LogP contribution in [0.5, 0.6) is 0 Å². The molecule has 0 aromatic heterocycles. The molecule has 120 valence electrons. The average molecular weight is 289 g/mol. The molecule has 0 aliphatic heterocycles. The number of hydrogen-bond acceptors (Lipinski definition) is 3. The van der Waals surface area contributed by atoms with Gasteiger partial charge < -0.3 is 15.5 Å². The molecule has 0 fully saturated rings. The van der Waals surface area contributed by atoms with Crippen molar-refractivity contribution < 1.29 is 19.8 Å². The third-order valence-electron chi connectivity index (χ3n) is 1.23. The molecule has 5 nitrogen and oxygen atoms in total. The Morgan fingerprint density at radius 2 is 1.00 bits per heavy atom. The summed E-state index contributed by atoms with van der Waals surface area (Å²) in [4.78, 5) is 19.2. The Bertz CT molecular complexity index is 223. The highest BCUT2D eigenvalue weighted by atomic mass is 16.4. The number of nitrogens with one attached hydrogen (secondary N) is 1. The van der Waals surface area contributed by atoms with Crippen molar-refractivity contribution in [2.24, 2.45) is 0 Å². The molecular weight excluding hydrogens is 258 g/mol. The molecule has 0 saturated carbocycles. The van der Waals surface area contributed by atoms with E-state index in [-0.39, 0.29) is 11.1 Å². The van der Waals surface area contributed by atoms with Gasteiger partial charge in [0, 0.05) is 11.1 Å². The van der Waals surface area contributed by atoms with E-state index in [4.69, 9.17) is 10.2 Å². The van der Waals surface area contributed by atoms with Crippen molar-refractivity contribution in [3.05, 3.63) is 24.3 Å². The second kappa shape index (κ2) is 22.6. The molecule has 3 N–H and O–H groups in total. The van der Waals surface area contributed by atoms with E-state index < -0.39 is 11.9 Å². The summed E-state index contributed by atoms with van der Waals surface area (Å²) in [6.07, 6.45) is 1.25. The molecule has 0 aromatic carbocycles. The van der Waals surface area contributed by atoms with Crippen molar-refractivity contribution >= 4 is 11.9 Å². The maximum Gasteiger partial charge on any atom is 0.330 e. The fourth-order valence-electron chi connectivity index (χ4n) is 0.250. The number of hydrogen-bond donors (Lipinski definition) is 3. The van der Waals surface area contributed by atoms with E-state index in [0.717, 1.165) is 13.1 Å². The molecule has 0 rings (SSSR count). The molecule has 0 radical (unpaired) electrons. The van der Waals surface area contributed by atoms with Crippen LogP contribution in [-0.4, -0.2) is 35.2 Å². The predicted octanol–water partition coefficient (Wildman–Crippen LogP) is 3.33. The molecule has 0 bridgehead atoms. The molecule has 0 heterocycles. The molecule has 0 unspecified atom stereocenters. The highest BCUT2D eigenvalue weighted by Gasteiger charge is 1.90. The van der Waals surface area contributed by atoms with Gasteiger partial charge in [-0.1, -0.05) is 47.3 Å². The van der Waals surface area contributed by atoms with Crippen molar-refractivity contribution in [1.82, 2.24) is 5.32 Å². The fourth-order valence-corrected chi connectivity index (χ4v) is 0.250. The Morgan fingerprint density at radius 3 is 1.00 bits per heavy atom. The van der Waals surface area contributed by atoms with E-state index in [1.54, 1.807) is 0 Å². The van der Waals surface area contributed by atoms with Crippen LogP contribution in [0.15, 0.2) is 24.3 Å². The van der Waals surface area contributed by atoms with Gasteiger partial charge in [-0.15, -0.1) is 0 Å². The van der Waals surface area contributed by atoms with Crippen LogP contribution in [0.3, 0.4) is 0 Å². The summed E-state index contributed by atoms with van der Waals surface area (Å²) in [6, 6.07) is 0. The van der Waals surface area contributed by atoms with Gasteiger partial charge in [0.25, 0.3) is 0 Å². The van der Waals surface area contributed by atoms with E-state index >= 15 is 0 Å². The van der Waals surface area contributed by atoms with E-state index in [1.807, 2.05) is 0 Å². The highest BCUT2D eigenvalue weighted by molar-refractivity contribution is 5.85. The molecular formula is C15H31NO4. The first-order valence-corrected chi connectivity index (χ1v) is 6.60. The zero-order valence-corrected chi connectivity index (χ0v) is 13.7. The van der Waals surface area contributed by atoms with Crippen molar-refractivity contribution in [3.8, 4) is 0 Å². The van der Waals surface area contributed by atoms with Gasteiger partial charge in [0.2, 0.25) is 0 Å². The first kappa shape index (κ1) is 26.8. The summed E-state index contributed by atoms with van der Waals surface area (Å²) in [5.74, 6) is -1.87. The summed E-state index contributed by atoms with van der Waals surface area (Å²) >= 11 is 0. The number of carboxylic acids is 2. The van der Waals surface area contributed by atoms with Gasteiger partial charge in [-0.2, -0.15) is 0 Å². The topological polar surface area (TPSA) is 86.6 Å². The van der Waals surface area contributed by atoms with Gasteiger partial charge in [-0.25, -0.2) is 9.59 Å². The fraction of sp³-hybridized carbons (Fsp3) is 0.600. The number of rotatable bonds is 4. The Hall–Kier alpha value is -1.62. The first-order valence-electron chi connectivity index (χ1n) is 6.60. The maximum atomic E-state index is 9.60. The summed E-state index contributed by atoms with van der Waals surface area (Å²) in [6.45, 7) is 19.8. The minimum Gasteiger partial charge on any atom is -0.478 e. The molecule has 0 aliphatic carbocycles. The Morgan fingerprint density at radius 1 is 0.850 bits per heavy atom. The molecule has 0 aliphatic rings. The van der Waals surface area contributed by atoms with Crippen LogP contribution in [0.25, 0.3) is 0 Å².